The van der Waals surface area contributed by atoms with E-state index in [2.05, 4.69) is 10.3 Å². The maximum atomic E-state index is 5.66. The Morgan fingerprint density at radius 3 is 3.00 bits per heavy atom. The molecule has 1 aliphatic rings. The molecule has 2 aromatic rings. The second-order valence-electron chi connectivity index (χ2n) is 3.97. The Morgan fingerprint density at radius 1 is 1.29 bits per heavy atom. The zero-order valence-corrected chi connectivity index (χ0v) is 10.3. The van der Waals surface area contributed by atoms with Crippen LogP contribution in [0.2, 0.25) is 0 Å². The molecular formula is C13H14N2OS. The van der Waals surface area contributed by atoms with Crippen LogP contribution in [0.25, 0.3) is 0 Å². The molecule has 3 nitrogen and oxygen atoms in total. The highest BCUT2D eigenvalue weighted by Gasteiger charge is 2.15. The molecule has 0 bridgehead atoms. The summed E-state index contributed by atoms with van der Waals surface area (Å²) in [6, 6.07) is 9.91. The van der Waals surface area contributed by atoms with Crippen molar-refractivity contribution in [3.05, 3.63) is 40.2 Å². The number of aromatic nitrogens is 1. The molecule has 0 aliphatic carbocycles. The Morgan fingerprint density at radius 2 is 2.18 bits per heavy atom. The van der Waals surface area contributed by atoms with Gasteiger partial charge in [-0.3, -0.25) is 0 Å². The number of fused-ring (bicyclic) bond motifs is 1. The smallest absolute Gasteiger partial charge is 0.140 e. The number of hydrogen-bond acceptors (Lipinski definition) is 4. The van der Waals surface area contributed by atoms with E-state index in [4.69, 9.17) is 4.74 Å². The number of ether oxygens (including phenoxy) is 1. The molecule has 17 heavy (non-hydrogen) atoms. The van der Waals surface area contributed by atoms with Gasteiger partial charge in [0.2, 0.25) is 0 Å². The number of hydrogen-bond donors (Lipinski definition) is 1. The van der Waals surface area contributed by atoms with Crippen molar-refractivity contribution < 1.29 is 4.74 Å². The quantitative estimate of drug-likeness (QED) is 0.900. The molecule has 0 unspecified atom stereocenters. The van der Waals surface area contributed by atoms with Crippen molar-refractivity contribution in [3.8, 4) is 5.75 Å². The van der Waals surface area contributed by atoms with Gasteiger partial charge in [0.25, 0.3) is 0 Å². The van der Waals surface area contributed by atoms with Gasteiger partial charge in [0.1, 0.15) is 11.6 Å². The van der Waals surface area contributed by atoms with Crippen LogP contribution >= 0.6 is 11.3 Å². The lowest BCUT2D eigenvalue weighted by atomic mass is 10.3. The first kappa shape index (κ1) is 10.6. The minimum atomic E-state index is 0.691. The molecule has 0 radical (unpaired) electrons. The first-order valence-corrected chi connectivity index (χ1v) is 6.64. The predicted molar refractivity (Wildman–Crippen MR) is 69.9 cm³/mol. The summed E-state index contributed by atoms with van der Waals surface area (Å²) in [5.74, 6) is 2.01. The Labute approximate surface area is 104 Å². The molecule has 0 amide bonds. The van der Waals surface area contributed by atoms with Crippen molar-refractivity contribution in [1.82, 2.24) is 4.98 Å². The van der Waals surface area contributed by atoms with E-state index in [0.29, 0.717) is 6.61 Å². The molecule has 1 aromatic heterocycles. The summed E-state index contributed by atoms with van der Waals surface area (Å²) in [4.78, 5) is 5.94. The van der Waals surface area contributed by atoms with Gasteiger partial charge in [-0.2, -0.15) is 0 Å². The molecule has 0 saturated heterocycles. The van der Waals surface area contributed by atoms with E-state index in [1.165, 1.54) is 4.88 Å². The van der Waals surface area contributed by atoms with Gasteiger partial charge in [-0.25, -0.2) is 4.98 Å². The SMILES string of the molecule is c1ccc(OCCc2nc3c(s2)CCN3)cc1. The third-order valence-corrected chi connectivity index (χ3v) is 3.89. The van der Waals surface area contributed by atoms with Crippen LogP contribution in [0.15, 0.2) is 30.3 Å². The average Bonchev–Trinajstić information content (AvgIpc) is 2.91. The largest absolute Gasteiger partial charge is 0.493 e. The third kappa shape index (κ3) is 2.42. The lowest BCUT2D eigenvalue weighted by Crippen LogP contribution is -2.01. The van der Waals surface area contributed by atoms with Crippen LogP contribution < -0.4 is 10.1 Å². The fraction of sp³-hybridized carbons (Fsp3) is 0.308. The van der Waals surface area contributed by atoms with Gasteiger partial charge in [0.05, 0.1) is 16.5 Å². The van der Waals surface area contributed by atoms with Crippen LogP contribution in [0.4, 0.5) is 5.82 Å². The number of anilines is 1. The Hall–Kier alpha value is -1.55. The third-order valence-electron chi connectivity index (χ3n) is 2.71. The number of rotatable bonds is 4. The van der Waals surface area contributed by atoms with Crippen molar-refractivity contribution in [3.63, 3.8) is 0 Å². The van der Waals surface area contributed by atoms with E-state index in [0.717, 1.165) is 36.0 Å². The van der Waals surface area contributed by atoms with Gasteiger partial charge >= 0.3 is 0 Å². The van der Waals surface area contributed by atoms with Crippen molar-refractivity contribution in [2.45, 2.75) is 12.8 Å². The summed E-state index contributed by atoms with van der Waals surface area (Å²) in [5, 5.41) is 4.45. The van der Waals surface area contributed by atoms with Crippen molar-refractivity contribution >= 4 is 17.2 Å². The lowest BCUT2D eigenvalue weighted by Gasteiger charge is -2.03. The lowest BCUT2D eigenvalue weighted by molar-refractivity contribution is 0.322. The Kier molecular flexibility index (Phi) is 2.96. The van der Waals surface area contributed by atoms with Gasteiger partial charge < -0.3 is 10.1 Å². The summed E-state index contributed by atoms with van der Waals surface area (Å²) in [5.41, 5.74) is 0. The highest BCUT2D eigenvalue weighted by atomic mass is 32.1. The number of nitrogens with zero attached hydrogens (tertiary/aromatic N) is 1. The fourth-order valence-electron chi connectivity index (χ4n) is 1.88. The van der Waals surface area contributed by atoms with Crippen LogP contribution in [0.5, 0.6) is 5.75 Å². The van der Waals surface area contributed by atoms with Gasteiger partial charge in [0, 0.05) is 19.4 Å². The van der Waals surface area contributed by atoms with Gasteiger partial charge in [-0.1, -0.05) is 18.2 Å². The van der Waals surface area contributed by atoms with E-state index in [1.54, 1.807) is 11.3 Å². The van der Waals surface area contributed by atoms with Crippen molar-refractivity contribution in [2.75, 3.05) is 18.5 Å². The molecule has 1 N–H and O–H groups in total. The van der Waals surface area contributed by atoms with E-state index >= 15 is 0 Å². The maximum Gasteiger partial charge on any atom is 0.140 e. The second-order valence-corrected chi connectivity index (χ2v) is 5.14. The molecule has 1 aromatic carbocycles. The zero-order chi connectivity index (χ0) is 11.5. The molecule has 2 heterocycles. The number of thiazole rings is 1. The molecule has 1 aliphatic heterocycles. The first-order valence-electron chi connectivity index (χ1n) is 5.82. The highest BCUT2D eigenvalue weighted by Crippen LogP contribution is 2.28. The Bertz CT molecular complexity index is 474. The monoisotopic (exact) mass is 246 g/mol. The van der Waals surface area contributed by atoms with E-state index in [-0.39, 0.29) is 0 Å². The van der Waals surface area contributed by atoms with Crippen LogP contribution in [0.1, 0.15) is 9.88 Å². The standard InChI is InChI=1S/C13H14N2OS/c1-2-4-10(5-3-1)16-9-7-12-15-13-11(17-12)6-8-14-13/h1-5,14H,6-9H2. The van der Waals surface area contributed by atoms with Crippen LogP contribution in [-0.4, -0.2) is 18.1 Å². The Balaban J connectivity index is 1.54. The normalized spacial score (nSPS) is 13.2. The molecular weight excluding hydrogens is 232 g/mol. The van der Waals surface area contributed by atoms with Gasteiger partial charge in [-0.15, -0.1) is 11.3 Å². The second kappa shape index (κ2) is 4.75. The average molecular weight is 246 g/mol. The summed E-state index contributed by atoms with van der Waals surface area (Å²) in [7, 11) is 0. The molecule has 0 spiro atoms. The maximum absolute atomic E-state index is 5.66. The van der Waals surface area contributed by atoms with E-state index in [1.807, 2.05) is 30.3 Å². The first-order chi connectivity index (χ1) is 8.42. The number of benzene rings is 1. The molecule has 0 saturated carbocycles. The van der Waals surface area contributed by atoms with Crippen molar-refractivity contribution in [2.24, 2.45) is 0 Å². The van der Waals surface area contributed by atoms with Crippen LogP contribution in [0, 0.1) is 0 Å². The topological polar surface area (TPSA) is 34.1 Å². The minimum absolute atomic E-state index is 0.691. The molecule has 0 fully saturated rings. The van der Waals surface area contributed by atoms with E-state index < -0.39 is 0 Å². The highest BCUT2D eigenvalue weighted by molar-refractivity contribution is 7.12. The summed E-state index contributed by atoms with van der Waals surface area (Å²) in [6.07, 6.45) is 2.00. The molecule has 3 rings (SSSR count). The van der Waals surface area contributed by atoms with Crippen molar-refractivity contribution in [1.29, 1.82) is 0 Å². The van der Waals surface area contributed by atoms with Gasteiger partial charge in [-0.05, 0) is 12.1 Å². The zero-order valence-electron chi connectivity index (χ0n) is 9.48. The summed E-state index contributed by atoms with van der Waals surface area (Å²) >= 11 is 1.80. The summed E-state index contributed by atoms with van der Waals surface area (Å²) < 4.78 is 5.66. The molecule has 0 atom stereocenters. The number of nitrogens with one attached hydrogen (secondary N) is 1. The minimum Gasteiger partial charge on any atom is -0.493 e. The summed E-state index contributed by atoms with van der Waals surface area (Å²) in [6.45, 7) is 1.73. The fourth-order valence-corrected chi connectivity index (χ4v) is 2.91. The predicted octanol–water partition coefficient (Wildman–Crippen LogP) is 2.73. The number of para-hydroxylation sites is 1. The van der Waals surface area contributed by atoms with Gasteiger partial charge in [0.15, 0.2) is 0 Å². The van der Waals surface area contributed by atoms with Crippen LogP contribution in [0.3, 0.4) is 0 Å². The molecule has 88 valence electrons. The van der Waals surface area contributed by atoms with Crippen LogP contribution in [-0.2, 0) is 12.8 Å². The van der Waals surface area contributed by atoms with E-state index in [9.17, 15) is 0 Å². The molecule has 4 heteroatoms.